The van der Waals surface area contributed by atoms with Crippen LogP contribution < -0.4 is 4.74 Å². The Bertz CT molecular complexity index is 1290. The maximum Gasteiger partial charge on any atom is 0.138 e. The summed E-state index contributed by atoms with van der Waals surface area (Å²) in [6.07, 6.45) is 6.42. The maximum atomic E-state index is 15.1. The number of ether oxygens (including phenoxy) is 1. The molecule has 0 aliphatic carbocycles. The van der Waals surface area contributed by atoms with E-state index in [0.29, 0.717) is 29.5 Å². The first-order valence-corrected chi connectivity index (χ1v) is 11.0. The number of rotatable bonds is 9. The van der Waals surface area contributed by atoms with E-state index < -0.39 is 0 Å². The summed E-state index contributed by atoms with van der Waals surface area (Å²) in [5, 5.41) is 10.5. The molecule has 0 radical (unpaired) electrons. The van der Waals surface area contributed by atoms with E-state index in [-0.39, 0.29) is 5.82 Å². The van der Waals surface area contributed by atoms with Crippen molar-refractivity contribution in [1.29, 1.82) is 5.26 Å². The SMILES string of the molecule is C=CCOc1ccc(CCc2ccc3c(F)c(CCc4ccc(C#N)cc4)ccc3c2)nc1. The van der Waals surface area contributed by atoms with E-state index in [9.17, 15) is 0 Å². The van der Waals surface area contributed by atoms with Crippen LogP contribution in [0.15, 0.2) is 85.6 Å². The molecule has 1 aromatic heterocycles. The molecule has 4 aromatic rings. The Morgan fingerprint density at radius 3 is 2.42 bits per heavy atom. The van der Waals surface area contributed by atoms with Crippen LogP contribution in [0.2, 0.25) is 0 Å². The zero-order valence-electron chi connectivity index (χ0n) is 18.4. The van der Waals surface area contributed by atoms with Gasteiger partial charge in [-0.3, -0.25) is 4.98 Å². The minimum absolute atomic E-state index is 0.149. The predicted octanol–water partition coefficient (Wildman–Crippen LogP) is 6.38. The molecule has 0 aliphatic heterocycles. The summed E-state index contributed by atoms with van der Waals surface area (Å²) in [6, 6.07) is 23.3. The monoisotopic (exact) mass is 436 g/mol. The molecule has 0 N–H and O–H groups in total. The van der Waals surface area contributed by atoms with Gasteiger partial charge in [0.2, 0.25) is 0 Å². The van der Waals surface area contributed by atoms with Crippen LogP contribution in [0.1, 0.15) is 27.9 Å². The third-order valence-electron chi connectivity index (χ3n) is 5.70. The highest BCUT2D eigenvalue weighted by Gasteiger charge is 2.09. The molecule has 0 amide bonds. The van der Waals surface area contributed by atoms with Crippen molar-refractivity contribution in [2.45, 2.75) is 25.7 Å². The first-order chi connectivity index (χ1) is 16.2. The Kier molecular flexibility index (Phi) is 7.12. The molecule has 0 bridgehead atoms. The lowest BCUT2D eigenvalue weighted by atomic mass is 9.97. The van der Waals surface area contributed by atoms with Gasteiger partial charge >= 0.3 is 0 Å². The van der Waals surface area contributed by atoms with Crippen molar-refractivity contribution in [3.05, 3.63) is 119 Å². The molecule has 0 spiro atoms. The number of hydrogen-bond acceptors (Lipinski definition) is 3. The second kappa shape index (κ2) is 10.6. The Morgan fingerprint density at radius 1 is 0.909 bits per heavy atom. The van der Waals surface area contributed by atoms with E-state index in [2.05, 4.69) is 23.7 Å². The predicted molar refractivity (Wildman–Crippen MR) is 130 cm³/mol. The van der Waals surface area contributed by atoms with Gasteiger partial charge in [0.15, 0.2) is 0 Å². The van der Waals surface area contributed by atoms with Gasteiger partial charge in [0.1, 0.15) is 18.2 Å². The summed E-state index contributed by atoms with van der Waals surface area (Å²) in [6.45, 7) is 4.10. The summed E-state index contributed by atoms with van der Waals surface area (Å²) < 4.78 is 20.6. The number of nitriles is 1. The lowest BCUT2D eigenvalue weighted by molar-refractivity contribution is 0.361. The molecule has 4 heteroatoms. The van der Waals surface area contributed by atoms with Crippen molar-refractivity contribution in [2.75, 3.05) is 6.61 Å². The Labute approximate surface area is 193 Å². The molecule has 4 rings (SSSR count). The van der Waals surface area contributed by atoms with Crippen LogP contribution in [0.3, 0.4) is 0 Å². The number of aryl methyl sites for hydroxylation is 4. The molecule has 0 fully saturated rings. The van der Waals surface area contributed by atoms with E-state index in [1.165, 1.54) is 0 Å². The molecule has 0 saturated carbocycles. The Balaban J connectivity index is 1.40. The fourth-order valence-electron chi connectivity index (χ4n) is 3.83. The first-order valence-electron chi connectivity index (χ1n) is 11.0. The van der Waals surface area contributed by atoms with Crippen LogP contribution in [0.25, 0.3) is 10.8 Å². The standard InChI is InChI=1S/C29H25FN2O/c1-2-17-33-27-15-14-26(32-20-27)13-8-22-9-16-28-25(18-22)12-11-24(29(28)30)10-7-21-3-5-23(19-31)6-4-21/h2-6,9,11-12,14-16,18,20H,1,7-8,10,13,17H2. The van der Waals surface area contributed by atoms with Gasteiger partial charge in [0.05, 0.1) is 17.8 Å². The molecular weight excluding hydrogens is 411 g/mol. The van der Waals surface area contributed by atoms with Gasteiger partial charge in [-0.25, -0.2) is 4.39 Å². The van der Waals surface area contributed by atoms with Crippen LogP contribution in [0, 0.1) is 17.1 Å². The van der Waals surface area contributed by atoms with Crippen molar-refractivity contribution in [1.82, 2.24) is 4.98 Å². The summed E-state index contributed by atoms with van der Waals surface area (Å²) in [7, 11) is 0. The summed E-state index contributed by atoms with van der Waals surface area (Å²) in [5.41, 5.74) is 4.59. The van der Waals surface area contributed by atoms with E-state index in [1.54, 1.807) is 24.4 Å². The quantitative estimate of drug-likeness (QED) is 0.286. The fourth-order valence-corrected chi connectivity index (χ4v) is 3.83. The highest BCUT2D eigenvalue weighted by Crippen LogP contribution is 2.24. The minimum atomic E-state index is -0.149. The first kappa shape index (κ1) is 22.2. The average Bonchev–Trinajstić information content (AvgIpc) is 2.86. The van der Waals surface area contributed by atoms with Gasteiger partial charge in [-0.2, -0.15) is 5.26 Å². The maximum absolute atomic E-state index is 15.1. The van der Waals surface area contributed by atoms with Crippen molar-refractivity contribution in [3.63, 3.8) is 0 Å². The second-order valence-electron chi connectivity index (χ2n) is 7.99. The second-order valence-corrected chi connectivity index (χ2v) is 7.99. The largest absolute Gasteiger partial charge is 0.488 e. The van der Waals surface area contributed by atoms with E-state index in [4.69, 9.17) is 10.00 Å². The summed E-state index contributed by atoms with van der Waals surface area (Å²) >= 11 is 0. The van der Waals surface area contributed by atoms with Crippen LogP contribution in [-0.2, 0) is 25.7 Å². The van der Waals surface area contributed by atoms with Gasteiger partial charge in [0, 0.05) is 11.1 Å². The number of benzene rings is 3. The molecule has 1 heterocycles. The lowest BCUT2D eigenvalue weighted by Crippen LogP contribution is -1.98. The van der Waals surface area contributed by atoms with E-state index in [0.717, 1.165) is 47.2 Å². The van der Waals surface area contributed by atoms with Crippen LogP contribution in [-0.4, -0.2) is 11.6 Å². The van der Waals surface area contributed by atoms with E-state index >= 15 is 4.39 Å². The lowest BCUT2D eigenvalue weighted by Gasteiger charge is -2.09. The third kappa shape index (κ3) is 5.64. The zero-order valence-corrected chi connectivity index (χ0v) is 18.4. The van der Waals surface area contributed by atoms with Crippen molar-refractivity contribution >= 4 is 10.8 Å². The van der Waals surface area contributed by atoms with E-state index in [1.807, 2.05) is 48.5 Å². The smallest absolute Gasteiger partial charge is 0.138 e. The van der Waals surface area contributed by atoms with Gasteiger partial charge in [0.25, 0.3) is 0 Å². The number of fused-ring (bicyclic) bond motifs is 1. The van der Waals surface area contributed by atoms with Crippen LogP contribution >= 0.6 is 0 Å². The van der Waals surface area contributed by atoms with Gasteiger partial charge in [-0.1, -0.05) is 55.1 Å². The minimum Gasteiger partial charge on any atom is -0.488 e. The topological polar surface area (TPSA) is 45.9 Å². The average molecular weight is 437 g/mol. The number of halogens is 1. The molecular formula is C29H25FN2O. The number of pyridine rings is 1. The molecule has 0 atom stereocenters. The normalized spacial score (nSPS) is 10.7. The van der Waals surface area contributed by atoms with Gasteiger partial charge in [-0.05, 0) is 72.0 Å². The Morgan fingerprint density at radius 2 is 1.70 bits per heavy atom. The van der Waals surface area contributed by atoms with Gasteiger partial charge in [-0.15, -0.1) is 0 Å². The number of hydrogen-bond donors (Lipinski definition) is 0. The highest BCUT2D eigenvalue weighted by atomic mass is 19.1. The molecule has 33 heavy (non-hydrogen) atoms. The molecule has 0 unspecified atom stereocenters. The molecule has 3 nitrogen and oxygen atoms in total. The summed E-state index contributed by atoms with van der Waals surface area (Å²) in [4.78, 5) is 4.45. The van der Waals surface area contributed by atoms with Crippen LogP contribution in [0.4, 0.5) is 4.39 Å². The molecule has 0 aliphatic rings. The molecule has 3 aromatic carbocycles. The van der Waals surface area contributed by atoms with Crippen molar-refractivity contribution in [3.8, 4) is 11.8 Å². The zero-order chi connectivity index (χ0) is 23.0. The van der Waals surface area contributed by atoms with Crippen molar-refractivity contribution < 1.29 is 9.13 Å². The number of aromatic nitrogens is 1. The fraction of sp³-hybridized carbons (Fsp3) is 0.172. The molecule has 0 saturated heterocycles. The van der Waals surface area contributed by atoms with Gasteiger partial charge < -0.3 is 4.74 Å². The van der Waals surface area contributed by atoms with Crippen molar-refractivity contribution in [2.24, 2.45) is 0 Å². The highest BCUT2D eigenvalue weighted by molar-refractivity contribution is 5.84. The summed E-state index contributed by atoms with van der Waals surface area (Å²) in [5.74, 6) is 0.583. The molecule has 164 valence electrons. The third-order valence-corrected chi connectivity index (χ3v) is 5.70. The number of nitrogens with zero attached hydrogens (tertiary/aromatic N) is 2. The Hall–Kier alpha value is -3.97. The van der Waals surface area contributed by atoms with Crippen LogP contribution in [0.5, 0.6) is 5.75 Å².